The molecule has 0 amide bonds. The highest BCUT2D eigenvalue weighted by Gasteiger charge is 2.40. The van der Waals surface area contributed by atoms with Gasteiger partial charge in [-0.25, -0.2) is 4.98 Å². The van der Waals surface area contributed by atoms with Crippen molar-refractivity contribution in [1.82, 2.24) is 20.3 Å². The molecule has 1 saturated carbocycles. The summed E-state index contributed by atoms with van der Waals surface area (Å²) in [5.74, 6) is 1.13. The molecule has 1 fully saturated rings. The number of H-pyrrole nitrogens is 2. The van der Waals surface area contributed by atoms with Crippen LogP contribution < -0.4 is 5.32 Å². The van der Waals surface area contributed by atoms with Crippen molar-refractivity contribution in [3.05, 3.63) is 30.4 Å². The van der Waals surface area contributed by atoms with E-state index in [9.17, 15) is 0 Å². The highest BCUT2D eigenvalue weighted by atomic mass is 15.0. The van der Waals surface area contributed by atoms with Gasteiger partial charge >= 0.3 is 0 Å². The van der Waals surface area contributed by atoms with E-state index >= 15 is 0 Å². The Bertz CT molecular complexity index is 479. The fraction of sp³-hybridized carbons (Fsp3) is 0.462. The van der Waals surface area contributed by atoms with Gasteiger partial charge in [0.2, 0.25) is 0 Å². The lowest BCUT2D eigenvalue weighted by Gasteiger charge is -2.40. The predicted octanol–water partition coefficient (Wildman–Crippen LogP) is 2.05. The number of hydrogen-bond donors (Lipinski definition) is 3. The normalized spacial score (nSPS) is 17.9. The van der Waals surface area contributed by atoms with Crippen LogP contribution in [-0.2, 0) is 5.41 Å². The van der Waals surface area contributed by atoms with Gasteiger partial charge in [0.25, 0.3) is 0 Å². The van der Waals surface area contributed by atoms with Crippen LogP contribution in [0, 0.1) is 0 Å². The Balaban J connectivity index is 1.89. The standard InChI is InChI=1S/C13H18N4/c1-14-9-13(5-3-6-13)12-16-8-11(17-12)10-4-2-7-15-10/h2,4,7-8,14-15H,3,5-6,9H2,1H3,(H,16,17). The van der Waals surface area contributed by atoms with Crippen molar-refractivity contribution >= 4 is 0 Å². The first-order chi connectivity index (χ1) is 8.34. The van der Waals surface area contributed by atoms with Crippen LogP contribution in [0.15, 0.2) is 24.5 Å². The summed E-state index contributed by atoms with van der Waals surface area (Å²) in [6, 6.07) is 4.06. The third kappa shape index (κ3) is 1.69. The maximum absolute atomic E-state index is 4.57. The average molecular weight is 230 g/mol. The molecular weight excluding hydrogens is 212 g/mol. The highest BCUT2D eigenvalue weighted by Crippen LogP contribution is 2.42. The molecule has 1 aliphatic rings. The molecule has 0 unspecified atom stereocenters. The second-order valence-corrected chi connectivity index (χ2v) is 4.89. The molecule has 0 atom stereocenters. The summed E-state index contributed by atoms with van der Waals surface area (Å²) in [6.45, 7) is 1.00. The predicted molar refractivity (Wildman–Crippen MR) is 67.8 cm³/mol. The zero-order valence-electron chi connectivity index (χ0n) is 10.1. The largest absolute Gasteiger partial charge is 0.360 e. The zero-order chi connectivity index (χ0) is 11.7. The molecule has 2 aromatic heterocycles. The minimum absolute atomic E-state index is 0.236. The first kappa shape index (κ1) is 10.6. The van der Waals surface area contributed by atoms with E-state index in [4.69, 9.17) is 0 Å². The van der Waals surface area contributed by atoms with Gasteiger partial charge in [-0.2, -0.15) is 0 Å². The molecular formula is C13H18N4. The van der Waals surface area contributed by atoms with Crippen LogP contribution in [0.2, 0.25) is 0 Å². The Labute approximate surface area is 101 Å². The Morgan fingerprint density at radius 2 is 2.29 bits per heavy atom. The number of likely N-dealkylation sites (N-methyl/N-ethyl adjacent to an activating group) is 1. The molecule has 90 valence electrons. The third-order valence-electron chi connectivity index (χ3n) is 3.79. The van der Waals surface area contributed by atoms with Gasteiger partial charge in [-0.15, -0.1) is 0 Å². The van der Waals surface area contributed by atoms with Crippen molar-refractivity contribution in [2.75, 3.05) is 13.6 Å². The number of nitrogens with zero attached hydrogens (tertiary/aromatic N) is 1. The molecule has 0 aliphatic heterocycles. The van der Waals surface area contributed by atoms with Crippen molar-refractivity contribution < 1.29 is 0 Å². The quantitative estimate of drug-likeness (QED) is 0.753. The van der Waals surface area contributed by atoms with Crippen LogP contribution in [0.4, 0.5) is 0 Å². The Morgan fingerprint density at radius 3 is 2.88 bits per heavy atom. The fourth-order valence-corrected chi connectivity index (χ4v) is 2.66. The lowest BCUT2D eigenvalue weighted by atomic mass is 9.68. The van der Waals surface area contributed by atoms with Gasteiger partial charge in [-0.1, -0.05) is 6.42 Å². The zero-order valence-corrected chi connectivity index (χ0v) is 10.1. The Kier molecular flexibility index (Phi) is 2.52. The fourth-order valence-electron chi connectivity index (χ4n) is 2.66. The number of aromatic nitrogens is 3. The lowest BCUT2D eigenvalue weighted by molar-refractivity contribution is 0.226. The second kappa shape index (κ2) is 4.04. The number of nitrogens with one attached hydrogen (secondary N) is 3. The summed E-state index contributed by atoms with van der Waals surface area (Å²) in [6.07, 6.45) is 7.62. The molecule has 0 saturated heterocycles. The molecule has 2 aromatic rings. The molecule has 0 spiro atoms. The molecule has 2 heterocycles. The topological polar surface area (TPSA) is 56.5 Å². The summed E-state index contributed by atoms with van der Waals surface area (Å²) in [4.78, 5) is 11.2. The van der Waals surface area contributed by atoms with E-state index in [1.54, 1.807) is 0 Å². The first-order valence-corrected chi connectivity index (χ1v) is 6.18. The van der Waals surface area contributed by atoms with Crippen LogP contribution in [0.3, 0.4) is 0 Å². The van der Waals surface area contributed by atoms with Gasteiger partial charge in [0, 0.05) is 18.2 Å². The molecule has 1 aliphatic carbocycles. The van der Waals surface area contributed by atoms with Gasteiger partial charge in [0.15, 0.2) is 0 Å². The number of hydrogen-bond acceptors (Lipinski definition) is 2. The monoisotopic (exact) mass is 230 g/mol. The highest BCUT2D eigenvalue weighted by molar-refractivity contribution is 5.53. The minimum Gasteiger partial charge on any atom is -0.360 e. The van der Waals surface area contributed by atoms with E-state index in [0.717, 1.165) is 23.8 Å². The summed E-state index contributed by atoms with van der Waals surface area (Å²) < 4.78 is 0. The molecule has 0 aromatic carbocycles. The average Bonchev–Trinajstić information content (AvgIpc) is 2.92. The Hall–Kier alpha value is -1.55. The second-order valence-electron chi connectivity index (χ2n) is 4.89. The van der Waals surface area contributed by atoms with Crippen molar-refractivity contribution in [3.63, 3.8) is 0 Å². The summed E-state index contributed by atoms with van der Waals surface area (Å²) in [7, 11) is 2.01. The van der Waals surface area contributed by atoms with Crippen LogP contribution in [0.1, 0.15) is 25.1 Å². The molecule has 17 heavy (non-hydrogen) atoms. The van der Waals surface area contributed by atoms with Crippen LogP contribution >= 0.6 is 0 Å². The Morgan fingerprint density at radius 1 is 1.41 bits per heavy atom. The van der Waals surface area contributed by atoms with Gasteiger partial charge in [-0.05, 0) is 32.0 Å². The number of imidazole rings is 1. The lowest BCUT2D eigenvalue weighted by Crippen LogP contribution is -2.43. The molecule has 4 nitrogen and oxygen atoms in total. The molecule has 3 rings (SSSR count). The summed E-state index contributed by atoms with van der Waals surface area (Å²) in [5, 5.41) is 3.29. The van der Waals surface area contributed by atoms with Crippen molar-refractivity contribution in [3.8, 4) is 11.4 Å². The van der Waals surface area contributed by atoms with Crippen molar-refractivity contribution in [2.45, 2.75) is 24.7 Å². The smallest absolute Gasteiger partial charge is 0.114 e. The third-order valence-corrected chi connectivity index (χ3v) is 3.79. The van der Waals surface area contributed by atoms with Gasteiger partial charge in [-0.3, -0.25) is 0 Å². The first-order valence-electron chi connectivity index (χ1n) is 6.18. The molecule has 0 radical (unpaired) electrons. The van der Waals surface area contributed by atoms with Crippen molar-refractivity contribution in [2.24, 2.45) is 0 Å². The van der Waals surface area contributed by atoms with E-state index in [0.29, 0.717) is 0 Å². The van der Waals surface area contributed by atoms with E-state index in [1.165, 1.54) is 19.3 Å². The van der Waals surface area contributed by atoms with Crippen LogP contribution in [0.25, 0.3) is 11.4 Å². The SMILES string of the molecule is CNCC1(c2ncc(-c3ccc[nH]3)[nH]2)CCC1. The van der Waals surface area contributed by atoms with Gasteiger partial charge < -0.3 is 15.3 Å². The van der Waals surface area contributed by atoms with E-state index in [-0.39, 0.29) is 5.41 Å². The van der Waals surface area contributed by atoms with Gasteiger partial charge in [0.05, 0.1) is 17.6 Å². The molecule has 0 bridgehead atoms. The van der Waals surface area contributed by atoms with E-state index < -0.39 is 0 Å². The van der Waals surface area contributed by atoms with Crippen molar-refractivity contribution in [1.29, 1.82) is 0 Å². The summed E-state index contributed by atoms with van der Waals surface area (Å²) >= 11 is 0. The van der Waals surface area contributed by atoms with Gasteiger partial charge in [0.1, 0.15) is 5.82 Å². The minimum atomic E-state index is 0.236. The number of rotatable bonds is 4. The maximum Gasteiger partial charge on any atom is 0.114 e. The molecule has 3 N–H and O–H groups in total. The maximum atomic E-state index is 4.57. The number of aromatic amines is 2. The van der Waals surface area contributed by atoms with E-state index in [1.807, 2.05) is 25.5 Å². The van der Waals surface area contributed by atoms with Crippen LogP contribution in [0.5, 0.6) is 0 Å². The van der Waals surface area contributed by atoms with Crippen LogP contribution in [-0.4, -0.2) is 28.5 Å². The summed E-state index contributed by atoms with van der Waals surface area (Å²) in [5.41, 5.74) is 2.41. The van der Waals surface area contributed by atoms with E-state index in [2.05, 4.69) is 26.3 Å². The molecule has 4 heteroatoms.